The van der Waals surface area contributed by atoms with Gasteiger partial charge in [-0.25, -0.2) is 0 Å². The van der Waals surface area contributed by atoms with Crippen LogP contribution in [0.5, 0.6) is 0 Å². The molecule has 1 rings (SSSR count). The highest BCUT2D eigenvalue weighted by atomic mass is 79.9. The predicted octanol–water partition coefficient (Wildman–Crippen LogP) is 3.39. The van der Waals surface area contributed by atoms with Crippen LogP contribution in [0.25, 0.3) is 0 Å². The lowest BCUT2D eigenvalue weighted by atomic mass is 10.1. The molecule has 0 amide bonds. The maximum absolute atomic E-state index is 5.81. The molecule has 1 atom stereocenters. The zero-order chi connectivity index (χ0) is 12.9. The molecule has 2 nitrogen and oxygen atoms in total. The van der Waals surface area contributed by atoms with Gasteiger partial charge in [0.05, 0.1) is 12.2 Å². The van der Waals surface area contributed by atoms with Crippen LogP contribution in [-0.2, 0) is 11.2 Å². The van der Waals surface area contributed by atoms with E-state index in [0.717, 1.165) is 17.5 Å². The van der Waals surface area contributed by atoms with Gasteiger partial charge in [-0.2, -0.15) is 0 Å². The summed E-state index contributed by atoms with van der Waals surface area (Å²) in [5.41, 5.74) is 1.25. The molecule has 1 unspecified atom stereocenters. The van der Waals surface area contributed by atoms with Crippen molar-refractivity contribution in [1.29, 1.82) is 0 Å². The number of ether oxygens (including phenoxy) is 1. The van der Waals surface area contributed by atoms with Crippen molar-refractivity contribution in [1.82, 2.24) is 5.32 Å². The molecule has 0 fully saturated rings. The molecule has 0 aliphatic heterocycles. The van der Waals surface area contributed by atoms with Crippen LogP contribution >= 0.6 is 15.9 Å². The molecule has 0 spiro atoms. The Morgan fingerprint density at radius 2 is 1.82 bits per heavy atom. The maximum atomic E-state index is 5.81. The Kier molecular flexibility index (Phi) is 5.63. The highest BCUT2D eigenvalue weighted by Crippen LogP contribution is 2.13. The van der Waals surface area contributed by atoms with Gasteiger partial charge in [0.25, 0.3) is 0 Å². The normalized spacial score (nSPS) is 13.7. The van der Waals surface area contributed by atoms with Crippen LogP contribution in [0.15, 0.2) is 28.7 Å². The van der Waals surface area contributed by atoms with Crippen molar-refractivity contribution in [2.75, 3.05) is 13.7 Å². The van der Waals surface area contributed by atoms with Gasteiger partial charge >= 0.3 is 0 Å². The minimum absolute atomic E-state index is 0.0746. The zero-order valence-corrected chi connectivity index (χ0v) is 12.7. The van der Waals surface area contributed by atoms with Gasteiger partial charge < -0.3 is 10.1 Å². The van der Waals surface area contributed by atoms with Crippen molar-refractivity contribution in [3.8, 4) is 0 Å². The topological polar surface area (TPSA) is 21.3 Å². The number of halogens is 1. The molecule has 96 valence electrons. The average Bonchev–Trinajstić information content (AvgIpc) is 2.25. The molecule has 0 aliphatic carbocycles. The van der Waals surface area contributed by atoms with E-state index in [0.29, 0.717) is 6.04 Å². The van der Waals surface area contributed by atoms with Gasteiger partial charge in [-0.3, -0.25) is 0 Å². The van der Waals surface area contributed by atoms with Crippen LogP contribution in [0, 0.1) is 0 Å². The zero-order valence-electron chi connectivity index (χ0n) is 11.1. The van der Waals surface area contributed by atoms with Gasteiger partial charge in [0.1, 0.15) is 0 Å². The van der Waals surface area contributed by atoms with E-state index in [9.17, 15) is 0 Å². The molecule has 0 saturated carbocycles. The summed E-state index contributed by atoms with van der Waals surface area (Å²) in [6.07, 6.45) is 0.986. The third-order valence-electron chi connectivity index (χ3n) is 2.52. The Morgan fingerprint density at radius 3 is 2.29 bits per heavy atom. The van der Waals surface area contributed by atoms with Crippen LogP contribution in [0.3, 0.4) is 0 Å². The first-order valence-electron chi connectivity index (χ1n) is 5.96. The number of hydrogen-bond acceptors (Lipinski definition) is 2. The van der Waals surface area contributed by atoms with Crippen molar-refractivity contribution in [2.45, 2.75) is 38.8 Å². The molecule has 0 aliphatic rings. The van der Waals surface area contributed by atoms with E-state index in [2.05, 4.69) is 66.3 Å². The number of hydrogen-bond donors (Lipinski definition) is 1. The number of rotatable bonds is 5. The van der Waals surface area contributed by atoms with Crippen LogP contribution < -0.4 is 5.32 Å². The van der Waals surface area contributed by atoms with Crippen molar-refractivity contribution in [3.05, 3.63) is 34.3 Å². The minimum Gasteiger partial charge on any atom is -0.374 e. The van der Waals surface area contributed by atoms with Crippen molar-refractivity contribution in [3.63, 3.8) is 0 Å². The molecule has 0 heterocycles. The Labute approximate surface area is 113 Å². The standard InChI is InChI=1S/C14H22BrNO/c1-14(2,3)17-10-13(16-4)9-11-5-7-12(15)8-6-11/h5-8,13,16H,9-10H2,1-4H3. The van der Waals surface area contributed by atoms with Gasteiger partial charge in [-0.1, -0.05) is 28.1 Å². The van der Waals surface area contributed by atoms with E-state index >= 15 is 0 Å². The lowest BCUT2D eigenvalue weighted by Gasteiger charge is -2.24. The molecule has 0 radical (unpaired) electrons. The van der Waals surface area contributed by atoms with Crippen molar-refractivity contribution >= 4 is 15.9 Å². The van der Waals surface area contributed by atoms with E-state index in [1.165, 1.54) is 5.56 Å². The summed E-state index contributed by atoms with van der Waals surface area (Å²) in [6.45, 7) is 6.98. The summed E-state index contributed by atoms with van der Waals surface area (Å²) < 4.78 is 6.93. The second-order valence-electron chi connectivity index (χ2n) is 5.24. The summed E-state index contributed by atoms with van der Waals surface area (Å²) in [5, 5.41) is 3.30. The monoisotopic (exact) mass is 299 g/mol. The lowest BCUT2D eigenvalue weighted by molar-refractivity contribution is -0.0134. The van der Waals surface area contributed by atoms with Gasteiger partial charge in [0, 0.05) is 10.5 Å². The van der Waals surface area contributed by atoms with Gasteiger partial charge in [-0.05, 0) is 51.9 Å². The molecule has 1 aromatic rings. The first kappa shape index (κ1) is 14.7. The Balaban J connectivity index is 2.49. The van der Waals surface area contributed by atoms with E-state index in [1.807, 2.05) is 7.05 Å². The number of nitrogens with one attached hydrogen (secondary N) is 1. The summed E-state index contributed by atoms with van der Waals surface area (Å²) in [5.74, 6) is 0. The second-order valence-corrected chi connectivity index (χ2v) is 6.16. The molecule has 1 aromatic carbocycles. The van der Waals surface area contributed by atoms with Crippen LogP contribution in [0.2, 0.25) is 0 Å². The summed E-state index contributed by atoms with van der Waals surface area (Å²) in [4.78, 5) is 0. The second kappa shape index (κ2) is 6.53. The smallest absolute Gasteiger partial charge is 0.0629 e. The van der Waals surface area contributed by atoms with Crippen LogP contribution in [0.1, 0.15) is 26.3 Å². The summed E-state index contributed by atoms with van der Waals surface area (Å²) in [7, 11) is 1.98. The highest BCUT2D eigenvalue weighted by Gasteiger charge is 2.14. The fraction of sp³-hybridized carbons (Fsp3) is 0.571. The van der Waals surface area contributed by atoms with Crippen LogP contribution in [-0.4, -0.2) is 25.3 Å². The molecule has 0 bridgehead atoms. The number of likely N-dealkylation sites (N-methyl/N-ethyl adjacent to an activating group) is 1. The summed E-state index contributed by atoms with van der Waals surface area (Å²) in [6, 6.07) is 8.80. The maximum Gasteiger partial charge on any atom is 0.0629 e. The Morgan fingerprint density at radius 1 is 1.24 bits per heavy atom. The van der Waals surface area contributed by atoms with Gasteiger partial charge in [0.15, 0.2) is 0 Å². The van der Waals surface area contributed by atoms with E-state index in [-0.39, 0.29) is 5.60 Å². The molecular weight excluding hydrogens is 278 g/mol. The third kappa shape index (κ3) is 6.20. The lowest BCUT2D eigenvalue weighted by Crippen LogP contribution is -2.36. The molecule has 0 saturated heterocycles. The highest BCUT2D eigenvalue weighted by molar-refractivity contribution is 9.10. The fourth-order valence-corrected chi connectivity index (χ4v) is 1.76. The van der Waals surface area contributed by atoms with E-state index in [4.69, 9.17) is 4.74 Å². The SMILES string of the molecule is CNC(COC(C)(C)C)Cc1ccc(Br)cc1. The molecule has 1 N–H and O–H groups in total. The fourth-order valence-electron chi connectivity index (χ4n) is 1.50. The molecular formula is C14H22BrNO. The molecule has 0 aromatic heterocycles. The largest absolute Gasteiger partial charge is 0.374 e. The third-order valence-corrected chi connectivity index (χ3v) is 3.05. The van der Waals surface area contributed by atoms with Gasteiger partial charge in [-0.15, -0.1) is 0 Å². The first-order valence-corrected chi connectivity index (χ1v) is 6.75. The Bertz CT molecular complexity index is 329. The average molecular weight is 300 g/mol. The molecule has 3 heteroatoms. The van der Waals surface area contributed by atoms with Crippen molar-refractivity contribution < 1.29 is 4.74 Å². The Hall–Kier alpha value is -0.380. The predicted molar refractivity (Wildman–Crippen MR) is 76.4 cm³/mol. The van der Waals surface area contributed by atoms with Gasteiger partial charge in [0.2, 0.25) is 0 Å². The van der Waals surface area contributed by atoms with Crippen molar-refractivity contribution in [2.24, 2.45) is 0 Å². The summed E-state index contributed by atoms with van der Waals surface area (Å²) >= 11 is 3.45. The van der Waals surface area contributed by atoms with E-state index in [1.54, 1.807) is 0 Å². The quantitative estimate of drug-likeness (QED) is 0.900. The molecule has 17 heavy (non-hydrogen) atoms. The van der Waals surface area contributed by atoms with Crippen LogP contribution in [0.4, 0.5) is 0 Å². The van der Waals surface area contributed by atoms with E-state index < -0.39 is 0 Å². The minimum atomic E-state index is -0.0746. The number of benzene rings is 1. The first-order chi connectivity index (χ1) is 7.90.